The minimum absolute atomic E-state index is 0.188. The number of hydrogen-bond acceptors (Lipinski definition) is 1. The van der Waals surface area contributed by atoms with E-state index in [2.05, 4.69) is 42.2 Å². The van der Waals surface area contributed by atoms with Crippen LogP contribution in [0.15, 0.2) is 42.7 Å². The monoisotopic (exact) mass is 260 g/mol. The molecule has 0 bridgehead atoms. The van der Waals surface area contributed by atoms with Crippen molar-refractivity contribution in [3.05, 3.63) is 59.7 Å². The number of benzene rings is 1. The fourth-order valence-corrected chi connectivity index (χ4v) is 2.43. The molecule has 1 unspecified atom stereocenters. The Hall–Kier alpha value is -1.61. The summed E-state index contributed by atoms with van der Waals surface area (Å²) < 4.78 is 15.0. The van der Waals surface area contributed by atoms with E-state index in [1.165, 1.54) is 17.7 Å². The maximum atomic E-state index is 12.9. The zero-order chi connectivity index (χ0) is 13.8. The maximum absolute atomic E-state index is 12.9. The van der Waals surface area contributed by atoms with Crippen molar-refractivity contribution in [2.45, 2.75) is 26.4 Å². The van der Waals surface area contributed by atoms with E-state index < -0.39 is 0 Å². The van der Waals surface area contributed by atoms with Gasteiger partial charge in [0.05, 0.1) is 0 Å². The Balaban J connectivity index is 2.10. The summed E-state index contributed by atoms with van der Waals surface area (Å²) >= 11 is 0. The normalized spacial score (nSPS) is 12.9. The molecule has 0 fully saturated rings. The van der Waals surface area contributed by atoms with Crippen molar-refractivity contribution in [1.82, 2.24) is 9.88 Å². The fourth-order valence-electron chi connectivity index (χ4n) is 2.43. The molecule has 0 saturated carbocycles. The average molecular weight is 260 g/mol. The van der Waals surface area contributed by atoms with Crippen molar-refractivity contribution in [2.75, 3.05) is 7.05 Å². The highest BCUT2D eigenvalue weighted by molar-refractivity contribution is 5.20. The smallest absolute Gasteiger partial charge is 0.123 e. The van der Waals surface area contributed by atoms with Crippen LogP contribution in [0.2, 0.25) is 0 Å². The lowest BCUT2D eigenvalue weighted by Gasteiger charge is -2.18. The molecule has 3 heteroatoms. The molecule has 0 aliphatic rings. The van der Waals surface area contributed by atoms with Crippen molar-refractivity contribution in [3.8, 4) is 0 Å². The van der Waals surface area contributed by atoms with Crippen molar-refractivity contribution < 1.29 is 4.39 Å². The summed E-state index contributed by atoms with van der Waals surface area (Å²) in [7, 11) is 1.99. The van der Waals surface area contributed by atoms with Gasteiger partial charge >= 0.3 is 0 Å². The van der Waals surface area contributed by atoms with Gasteiger partial charge in [-0.15, -0.1) is 0 Å². The molecule has 1 heterocycles. The lowest BCUT2D eigenvalue weighted by Crippen LogP contribution is -2.21. The lowest BCUT2D eigenvalue weighted by molar-refractivity contribution is 0.443. The predicted molar refractivity (Wildman–Crippen MR) is 76.6 cm³/mol. The van der Waals surface area contributed by atoms with Gasteiger partial charge in [0.1, 0.15) is 5.82 Å². The van der Waals surface area contributed by atoms with Crippen molar-refractivity contribution in [2.24, 2.45) is 5.92 Å². The first kappa shape index (κ1) is 13.8. The molecule has 1 atom stereocenters. The van der Waals surface area contributed by atoms with Crippen LogP contribution in [0.5, 0.6) is 0 Å². The Kier molecular flexibility index (Phi) is 4.38. The number of nitrogens with zero attached hydrogens (tertiary/aromatic N) is 1. The summed E-state index contributed by atoms with van der Waals surface area (Å²) in [6.45, 7) is 5.19. The van der Waals surface area contributed by atoms with Gasteiger partial charge in [0.25, 0.3) is 0 Å². The molecule has 0 radical (unpaired) electrons. The number of rotatable bonds is 5. The van der Waals surface area contributed by atoms with Gasteiger partial charge in [0.15, 0.2) is 0 Å². The van der Waals surface area contributed by atoms with Crippen molar-refractivity contribution >= 4 is 0 Å². The molecule has 2 rings (SSSR count). The molecule has 0 spiro atoms. The van der Waals surface area contributed by atoms with E-state index in [0.717, 1.165) is 12.1 Å². The molecule has 0 aliphatic heterocycles. The Morgan fingerprint density at radius 2 is 1.84 bits per heavy atom. The van der Waals surface area contributed by atoms with Gasteiger partial charge in [-0.05, 0) is 42.3 Å². The standard InChI is InChI=1S/C16H21FN2/c1-12(2)16(18-3)14-8-9-19(11-14)10-13-4-6-15(17)7-5-13/h4-9,11-12,16,18H,10H2,1-3H3. The van der Waals surface area contributed by atoms with Crippen LogP contribution < -0.4 is 5.32 Å². The molecule has 0 saturated heterocycles. The summed E-state index contributed by atoms with van der Waals surface area (Å²) in [5, 5.41) is 3.34. The average Bonchev–Trinajstić information content (AvgIpc) is 2.81. The molecular formula is C16H21FN2. The van der Waals surface area contributed by atoms with Gasteiger partial charge < -0.3 is 9.88 Å². The molecule has 2 aromatic rings. The SMILES string of the molecule is CNC(c1ccn(Cc2ccc(F)cc2)c1)C(C)C. The molecule has 102 valence electrons. The van der Waals surface area contributed by atoms with E-state index in [-0.39, 0.29) is 5.82 Å². The second-order valence-electron chi connectivity index (χ2n) is 5.25. The number of aromatic nitrogens is 1. The van der Waals surface area contributed by atoms with E-state index in [1.807, 2.05) is 19.2 Å². The Morgan fingerprint density at radius 1 is 1.16 bits per heavy atom. The van der Waals surface area contributed by atoms with Crippen molar-refractivity contribution in [3.63, 3.8) is 0 Å². The molecular weight excluding hydrogens is 239 g/mol. The van der Waals surface area contributed by atoms with Gasteiger partial charge in [-0.3, -0.25) is 0 Å². The first-order valence-electron chi connectivity index (χ1n) is 6.67. The summed E-state index contributed by atoms with van der Waals surface area (Å²) in [5.74, 6) is 0.360. The van der Waals surface area contributed by atoms with E-state index in [9.17, 15) is 4.39 Å². The quantitative estimate of drug-likeness (QED) is 0.869. The fraction of sp³-hybridized carbons (Fsp3) is 0.375. The second-order valence-corrected chi connectivity index (χ2v) is 5.25. The van der Waals surface area contributed by atoms with Crippen LogP contribution in [0.1, 0.15) is 31.0 Å². The van der Waals surface area contributed by atoms with Crippen LogP contribution >= 0.6 is 0 Å². The molecule has 1 N–H and O–H groups in total. The van der Waals surface area contributed by atoms with E-state index >= 15 is 0 Å². The molecule has 1 aromatic heterocycles. The van der Waals surface area contributed by atoms with E-state index in [1.54, 1.807) is 0 Å². The minimum Gasteiger partial charge on any atom is -0.350 e. The lowest BCUT2D eigenvalue weighted by atomic mass is 9.99. The van der Waals surface area contributed by atoms with Crippen LogP contribution in [0.4, 0.5) is 4.39 Å². The van der Waals surface area contributed by atoms with Gasteiger partial charge in [-0.25, -0.2) is 4.39 Å². The first-order chi connectivity index (χ1) is 9.10. The van der Waals surface area contributed by atoms with Gasteiger partial charge in [0, 0.05) is 25.0 Å². The maximum Gasteiger partial charge on any atom is 0.123 e. The predicted octanol–water partition coefficient (Wildman–Crippen LogP) is 3.59. The largest absolute Gasteiger partial charge is 0.350 e. The van der Waals surface area contributed by atoms with Crippen LogP contribution in [-0.2, 0) is 6.54 Å². The first-order valence-corrected chi connectivity index (χ1v) is 6.67. The molecule has 19 heavy (non-hydrogen) atoms. The summed E-state index contributed by atoms with van der Waals surface area (Å²) in [6, 6.07) is 9.17. The zero-order valence-electron chi connectivity index (χ0n) is 11.7. The summed E-state index contributed by atoms with van der Waals surface area (Å²) in [4.78, 5) is 0. The summed E-state index contributed by atoms with van der Waals surface area (Å²) in [5.41, 5.74) is 2.40. The van der Waals surface area contributed by atoms with Gasteiger partial charge in [-0.1, -0.05) is 26.0 Å². The van der Waals surface area contributed by atoms with Crippen LogP contribution in [0, 0.1) is 11.7 Å². The van der Waals surface area contributed by atoms with Gasteiger partial charge in [0.2, 0.25) is 0 Å². The Labute approximate surface area is 114 Å². The zero-order valence-corrected chi connectivity index (χ0v) is 11.7. The Morgan fingerprint density at radius 3 is 2.42 bits per heavy atom. The summed E-state index contributed by atoms with van der Waals surface area (Å²) in [6.07, 6.45) is 4.23. The Bertz CT molecular complexity index is 514. The third-order valence-electron chi connectivity index (χ3n) is 3.39. The highest BCUT2D eigenvalue weighted by Crippen LogP contribution is 2.21. The van der Waals surface area contributed by atoms with E-state index in [0.29, 0.717) is 12.0 Å². The minimum atomic E-state index is -0.188. The molecule has 0 amide bonds. The van der Waals surface area contributed by atoms with Crippen LogP contribution in [0.3, 0.4) is 0 Å². The van der Waals surface area contributed by atoms with Gasteiger partial charge in [-0.2, -0.15) is 0 Å². The molecule has 1 aromatic carbocycles. The highest BCUT2D eigenvalue weighted by Gasteiger charge is 2.14. The number of nitrogens with one attached hydrogen (secondary N) is 1. The second kappa shape index (κ2) is 6.02. The third kappa shape index (κ3) is 3.44. The van der Waals surface area contributed by atoms with E-state index in [4.69, 9.17) is 0 Å². The molecule has 0 aliphatic carbocycles. The van der Waals surface area contributed by atoms with Crippen LogP contribution in [-0.4, -0.2) is 11.6 Å². The third-order valence-corrected chi connectivity index (χ3v) is 3.39. The molecule has 2 nitrogen and oxygen atoms in total. The van der Waals surface area contributed by atoms with Crippen LogP contribution in [0.25, 0.3) is 0 Å². The topological polar surface area (TPSA) is 17.0 Å². The number of halogens is 1. The number of hydrogen-bond donors (Lipinski definition) is 1. The van der Waals surface area contributed by atoms with Crippen molar-refractivity contribution in [1.29, 1.82) is 0 Å². The highest BCUT2D eigenvalue weighted by atomic mass is 19.1.